The molecule has 0 aliphatic carbocycles. The zero-order valence-corrected chi connectivity index (χ0v) is 15.0. The van der Waals surface area contributed by atoms with Gasteiger partial charge >= 0.3 is 0 Å². The van der Waals surface area contributed by atoms with Gasteiger partial charge in [-0.1, -0.05) is 32.9 Å². The molecule has 23 heavy (non-hydrogen) atoms. The number of carbonyl (C=O) groups is 1. The Kier molecular flexibility index (Phi) is 5.48. The highest BCUT2D eigenvalue weighted by Gasteiger charge is 2.28. The van der Waals surface area contributed by atoms with E-state index in [1.54, 1.807) is 6.92 Å². The first kappa shape index (κ1) is 18.0. The molecule has 2 rings (SSSR count). The summed E-state index contributed by atoms with van der Waals surface area (Å²) in [5, 5.41) is 9.51. The normalized spacial score (nSPS) is 21.3. The molecule has 1 saturated heterocycles. The number of aliphatic hydroxyl groups is 1. The van der Waals surface area contributed by atoms with Crippen LogP contribution < -0.4 is 0 Å². The molecule has 1 heterocycles. The first-order valence-corrected chi connectivity index (χ1v) is 8.50. The van der Waals surface area contributed by atoms with Crippen molar-refractivity contribution in [3.8, 4) is 0 Å². The molecule has 1 aromatic rings. The van der Waals surface area contributed by atoms with E-state index in [9.17, 15) is 9.90 Å². The van der Waals surface area contributed by atoms with Crippen molar-refractivity contribution in [3.05, 3.63) is 35.4 Å². The van der Waals surface area contributed by atoms with Gasteiger partial charge in [0.2, 0.25) is 0 Å². The minimum Gasteiger partial charge on any atom is -0.392 e. The number of β-amino-alcohol motifs (C(OH)–C–C–N with tert-alkyl or cyclic N) is 1. The average Bonchev–Trinajstić information content (AvgIpc) is 2.45. The minimum atomic E-state index is -0.325. The van der Waals surface area contributed by atoms with Crippen LogP contribution in [0.1, 0.15) is 50.5 Å². The monoisotopic (exact) mass is 318 g/mol. The maximum absolute atomic E-state index is 12.8. The van der Waals surface area contributed by atoms with E-state index in [0.29, 0.717) is 13.1 Å². The van der Waals surface area contributed by atoms with E-state index in [0.717, 1.165) is 18.7 Å². The Hall–Kier alpha value is -1.39. The van der Waals surface area contributed by atoms with Gasteiger partial charge in [0.05, 0.1) is 6.10 Å². The fourth-order valence-electron chi connectivity index (χ4n) is 3.15. The predicted molar refractivity (Wildman–Crippen MR) is 93.8 cm³/mol. The number of amides is 1. The zero-order valence-electron chi connectivity index (χ0n) is 15.0. The van der Waals surface area contributed by atoms with Crippen molar-refractivity contribution in [2.75, 3.05) is 26.2 Å². The number of nitrogens with zero attached hydrogens (tertiary/aromatic N) is 2. The van der Waals surface area contributed by atoms with Crippen molar-refractivity contribution in [2.24, 2.45) is 0 Å². The number of rotatable bonds is 3. The van der Waals surface area contributed by atoms with Crippen molar-refractivity contribution in [2.45, 2.75) is 52.2 Å². The Balaban J connectivity index is 2.03. The van der Waals surface area contributed by atoms with E-state index in [4.69, 9.17) is 0 Å². The fraction of sp³-hybridized carbons (Fsp3) is 0.632. The summed E-state index contributed by atoms with van der Waals surface area (Å²) in [6.45, 7) is 13.4. The van der Waals surface area contributed by atoms with Crippen molar-refractivity contribution >= 4 is 5.91 Å². The summed E-state index contributed by atoms with van der Waals surface area (Å²) < 4.78 is 0. The lowest BCUT2D eigenvalue weighted by atomic mass is 9.86. The Bertz CT molecular complexity index is 531. The molecule has 0 bridgehead atoms. The van der Waals surface area contributed by atoms with Gasteiger partial charge < -0.3 is 10.0 Å². The number of hydrogen-bond acceptors (Lipinski definition) is 3. The van der Waals surface area contributed by atoms with Gasteiger partial charge in [0.25, 0.3) is 5.91 Å². The third-order valence-electron chi connectivity index (χ3n) is 4.49. The second-order valence-corrected chi connectivity index (χ2v) is 7.78. The van der Waals surface area contributed by atoms with Crippen LogP contribution >= 0.6 is 0 Å². The molecule has 0 unspecified atom stereocenters. The van der Waals surface area contributed by atoms with E-state index >= 15 is 0 Å². The summed E-state index contributed by atoms with van der Waals surface area (Å²) in [4.78, 5) is 16.9. The molecule has 0 radical (unpaired) electrons. The molecule has 1 amide bonds. The lowest BCUT2D eigenvalue weighted by Crippen LogP contribution is -2.55. The first-order chi connectivity index (χ1) is 10.7. The number of carbonyl (C=O) groups excluding carboxylic acids is 1. The summed E-state index contributed by atoms with van der Waals surface area (Å²) in [7, 11) is 0. The lowest BCUT2D eigenvalue weighted by molar-refractivity contribution is 0.0383. The molecule has 1 fully saturated rings. The Labute approximate surface area is 140 Å². The quantitative estimate of drug-likeness (QED) is 0.931. The smallest absolute Gasteiger partial charge is 0.254 e. The second kappa shape index (κ2) is 7.02. The van der Waals surface area contributed by atoms with E-state index < -0.39 is 0 Å². The van der Waals surface area contributed by atoms with Crippen LogP contribution in [0.2, 0.25) is 0 Å². The number of benzene rings is 1. The molecule has 1 N–H and O–H groups in total. The minimum absolute atomic E-state index is 0.0987. The molecular weight excluding hydrogens is 288 g/mol. The SMILES string of the molecule is C[C@@H]1CN(C[C@@H](C)O)CCN1C(=O)c1ccc(C(C)(C)C)cc1. The van der Waals surface area contributed by atoms with Crippen molar-refractivity contribution in [1.29, 1.82) is 0 Å². The molecular formula is C19H30N2O2. The van der Waals surface area contributed by atoms with Crippen molar-refractivity contribution < 1.29 is 9.90 Å². The summed E-state index contributed by atoms with van der Waals surface area (Å²) in [5.41, 5.74) is 2.10. The highest BCUT2D eigenvalue weighted by molar-refractivity contribution is 5.94. The largest absolute Gasteiger partial charge is 0.392 e. The van der Waals surface area contributed by atoms with Crippen LogP contribution in [-0.2, 0) is 5.41 Å². The van der Waals surface area contributed by atoms with Crippen molar-refractivity contribution in [1.82, 2.24) is 9.80 Å². The summed E-state index contributed by atoms with van der Waals surface area (Å²) >= 11 is 0. The van der Waals surface area contributed by atoms with E-state index in [-0.39, 0.29) is 23.5 Å². The maximum Gasteiger partial charge on any atom is 0.254 e. The molecule has 1 aliphatic heterocycles. The standard InChI is InChI=1S/C19H30N2O2/c1-14-12-20(13-15(2)22)10-11-21(14)18(23)16-6-8-17(9-7-16)19(3,4)5/h6-9,14-15,22H,10-13H2,1-5H3/t14-,15-/m1/s1. The van der Waals surface area contributed by atoms with Gasteiger partial charge in [0.15, 0.2) is 0 Å². The van der Waals surface area contributed by atoms with Crippen LogP contribution in [0.15, 0.2) is 24.3 Å². The molecule has 1 aliphatic rings. The van der Waals surface area contributed by atoms with E-state index in [1.165, 1.54) is 5.56 Å². The predicted octanol–water partition coefficient (Wildman–Crippen LogP) is 2.51. The van der Waals surface area contributed by atoms with E-state index in [2.05, 4.69) is 44.7 Å². The lowest BCUT2D eigenvalue weighted by Gasteiger charge is -2.40. The van der Waals surface area contributed by atoms with Crippen LogP contribution in [0.3, 0.4) is 0 Å². The Morgan fingerprint density at radius 2 is 1.87 bits per heavy atom. The van der Waals surface area contributed by atoms with Gasteiger partial charge in [-0.15, -0.1) is 0 Å². The number of aliphatic hydroxyl groups excluding tert-OH is 1. The molecule has 1 aromatic carbocycles. The molecule has 4 heteroatoms. The fourth-order valence-corrected chi connectivity index (χ4v) is 3.15. The molecule has 4 nitrogen and oxygen atoms in total. The first-order valence-electron chi connectivity index (χ1n) is 8.50. The Morgan fingerprint density at radius 3 is 2.35 bits per heavy atom. The average molecular weight is 318 g/mol. The third-order valence-corrected chi connectivity index (χ3v) is 4.49. The van der Waals surface area contributed by atoms with Crippen LogP contribution in [-0.4, -0.2) is 59.1 Å². The highest BCUT2D eigenvalue weighted by Crippen LogP contribution is 2.23. The second-order valence-electron chi connectivity index (χ2n) is 7.78. The van der Waals surface area contributed by atoms with E-state index in [1.807, 2.05) is 17.0 Å². The molecule has 2 atom stereocenters. The van der Waals surface area contributed by atoms with Gasteiger partial charge in [-0.2, -0.15) is 0 Å². The topological polar surface area (TPSA) is 43.8 Å². The highest BCUT2D eigenvalue weighted by atomic mass is 16.3. The summed E-state index contributed by atoms with van der Waals surface area (Å²) in [6.07, 6.45) is -0.325. The van der Waals surface area contributed by atoms with Crippen LogP contribution in [0, 0.1) is 0 Å². The molecule has 0 aromatic heterocycles. The number of hydrogen-bond donors (Lipinski definition) is 1. The van der Waals surface area contributed by atoms with Crippen LogP contribution in [0.5, 0.6) is 0 Å². The van der Waals surface area contributed by atoms with Gasteiger partial charge in [-0.25, -0.2) is 0 Å². The zero-order chi connectivity index (χ0) is 17.2. The van der Waals surface area contributed by atoms with Gasteiger partial charge in [-0.3, -0.25) is 9.69 Å². The molecule has 0 saturated carbocycles. The Morgan fingerprint density at radius 1 is 1.26 bits per heavy atom. The molecule has 128 valence electrons. The maximum atomic E-state index is 12.8. The summed E-state index contributed by atoms with van der Waals surface area (Å²) in [5.74, 6) is 0.106. The third kappa shape index (κ3) is 4.55. The van der Waals surface area contributed by atoms with Gasteiger partial charge in [0, 0.05) is 37.8 Å². The van der Waals surface area contributed by atoms with Gasteiger partial charge in [0.1, 0.15) is 0 Å². The summed E-state index contributed by atoms with van der Waals surface area (Å²) in [6, 6.07) is 8.16. The number of piperazine rings is 1. The van der Waals surface area contributed by atoms with Crippen LogP contribution in [0.25, 0.3) is 0 Å². The molecule has 0 spiro atoms. The van der Waals surface area contributed by atoms with Crippen LogP contribution in [0.4, 0.5) is 0 Å². The van der Waals surface area contributed by atoms with Gasteiger partial charge in [-0.05, 0) is 37.0 Å². The van der Waals surface area contributed by atoms with Crippen molar-refractivity contribution in [3.63, 3.8) is 0 Å².